The zero-order chi connectivity index (χ0) is 14.8. The van der Waals surface area contributed by atoms with Crippen molar-refractivity contribution in [3.63, 3.8) is 0 Å². The summed E-state index contributed by atoms with van der Waals surface area (Å²) in [4.78, 5) is 12.1. The maximum absolute atomic E-state index is 12.1. The van der Waals surface area contributed by atoms with Gasteiger partial charge < -0.3 is 4.42 Å². The summed E-state index contributed by atoms with van der Waals surface area (Å²) in [5, 5.41) is 13.1. The van der Waals surface area contributed by atoms with Crippen molar-refractivity contribution in [2.45, 2.75) is 20.3 Å². The van der Waals surface area contributed by atoms with Gasteiger partial charge >= 0.3 is 0 Å². The highest BCUT2D eigenvalue weighted by molar-refractivity contribution is 7.15. The number of fused-ring (bicyclic) bond motifs is 1. The molecule has 2 heterocycles. The number of rotatable bonds is 4. The number of carbonyl (C=O) groups is 1. The summed E-state index contributed by atoms with van der Waals surface area (Å²) < 4.78 is 5.52. The minimum absolute atomic E-state index is 0.275. The summed E-state index contributed by atoms with van der Waals surface area (Å²) >= 11 is 1.40. The molecular weight excluding hydrogens is 286 g/mol. The number of aromatic nitrogens is 2. The Morgan fingerprint density at radius 3 is 2.90 bits per heavy atom. The molecule has 0 saturated carbocycles. The number of furan rings is 1. The van der Waals surface area contributed by atoms with E-state index in [4.69, 9.17) is 4.42 Å². The molecule has 0 spiro atoms. The van der Waals surface area contributed by atoms with Crippen LogP contribution < -0.4 is 5.32 Å². The zero-order valence-corrected chi connectivity index (χ0v) is 12.6. The van der Waals surface area contributed by atoms with E-state index in [1.165, 1.54) is 11.3 Å². The molecule has 0 atom stereocenters. The maximum Gasteiger partial charge on any atom is 0.293 e. The van der Waals surface area contributed by atoms with Crippen molar-refractivity contribution < 1.29 is 9.21 Å². The molecule has 6 heteroatoms. The monoisotopic (exact) mass is 301 g/mol. The van der Waals surface area contributed by atoms with Gasteiger partial charge in [0.2, 0.25) is 5.13 Å². The highest BCUT2D eigenvalue weighted by atomic mass is 32.1. The Balaban J connectivity index is 1.75. The van der Waals surface area contributed by atoms with Gasteiger partial charge in [0.1, 0.15) is 10.6 Å². The number of hydrogen-bond donors (Lipinski definition) is 1. The molecule has 1 amide bonds. The van der Waals surface area contributed by atoms with Gasteiger partial charge in [-0.2, -0.15) is 0 Å². The topological polar surface area (TPSA) is 68.0 Å². The number of benzene rings is 1. The van der Waals surface area contributed by atoms with Crippen molar-refractivity contribution in [2.24, 2.45) is 5.92 Å². The SMILES string of the molecule is CC(C)Cc1nnc(NC(=O)c2cc3ccccc3o2)s1. The Labute approximate surface area is 126 Å². The first-order valence-electron chi connectivity index (χ1n) is 6.74. The summed E-state index contributed by atoms with van der Waals surface area (Å²) in [6.07, 6.45) is 0.859. The second-order valence-corrected chi connectivity index (χ2v) is 6.26. The molecule has 1 aromatic carbocycles. The first-order chi connectivity index (χ1) is 10.1. The van der Waals surface area contributed by atoms with Gasteiger partial charge in [0, 0.05) is 11.8 Å². The second kappa shape index (κ2) is 5.65. The van der Waals surface area contributed by atoms with Gasteiger partial charge in [-0.05, 0) is 18.1 Å². The smallest absolute Gasteiger partial charge is 0.293 e. The fourth-order valence-electron chi connectivity index (χ4n) is 1.99. The zero-order valence-electron chi connectivity index (χ0n) is 11.8. The molecule has 0 fully saturated rings. The number of para-hydroxylation sites is 1. The van der Waals surface area contributed by atoms with E-state index in [1.54, 1.807) is 6.07 Å². The van der Waals surface area contributed by atoms with E-state index in [9.17, 15) is 4.79 Å². The number of nitrogens with zero attached hydrogens (tertiary/aromatic N) is 2. The van der Waals surface area contributed by atoms with Gasteiger partial charge in [-0.1, -0.05) is 43.4 Å². The van der Waals surface area contributed by atoms with Gasteiger partial charge in [0.25, 0.3) is 5.91 Å². The highest BCUT2D eigenvalue weighted by Gasteiger charge is 2.15. The Kier molecular flexibility index (Phi) is 3.70. The Hall–Kier alpha value is -2.21. The van der Waals surface area contributed by atoms with Crippen molar-refractivity contribution in [1.82, 2.24) is 10.2 Å². The van der Waals surface area contributed by atoms with Crippen LogP contribution in [0.4, 0.5) is 5.13 Å². The van der Waals surface area contributed by atoms with Crippen LogP contribution >= 0.6 is 11.3 Å². The average Bonchev–Trinajstić information content (AvgIpc) is 3.04. The van der Waals surface area contributed by atoms with Crippen molar-refractivity contribution >= 4 is 33.3 Å². The van der Waals surface area contributed by atoms with Crippen molar-refractivity contribution in [1.29, 1.82) is 0 Å². The summed E-state index contributed by atoms with van der Waals surface area (Å²) in [6.45, 7) is 4.24. The molecule has 1 N–H and O–H groups in total. The molecule has 0 aliphatic rings. The third-order valence-corrected chi connectivity index (χ3v) is 3.78. The van der Waals surface area contributed by atoms with E-state index in [-0.39, 0.29) is 11.7 Å². The van der Waals surface area contributed by atoms with Crippen LogP contribution in [0.2, 0.25) is 0 Å². The number of nitrogens with one attached hydrogen (secondary N) is 1. The van der Waals surface area contributed by atoms with E-state index in [0.29, 0.717) is 16.6 Å². The van der Waals surface area contributed by atoms with Crippen molar-refractivity contribution in [2.75, 3.05) is 5.32 Å². The molecule has 2 aromatic heterocycles. The van der Waals surface area contributed by atoms with Gasteiger partial charge in [0.05, 0.1) is 0 Å². The number of amides is 1. The van der Waals surface area contributed by atoms with Gasteiger partial charge in [-0.15, -0.1) is 10.2 Å². The van der Waals surface area contributed by atoms with Crippen LogP contribution in [0.5, 0.6) is 0 Å². The average molecular weight is 301 g/mol. The molecule has 5 nitrogen and oxygen atoms in total. The van der Waals surface area contributed by atoms with Crippen LogP contribution in [-0.4, -0.2) is 16.1 Å². The first-order valence-corrected chi connectivity index (χ1v) is 7.56. The lowest BCUT2D eigenvalue weighted by Crippen LogP contribution is -2.10. The molecule has 3 aromatic rings. The lowest BCUT2D eigenvalue weighted by Gasteiger charge is -1.98. The second-order valence-electron chi connectivity index (χ2n) is 5.20. The standard InChI is InChI=1S/C15H15N3O2S/c1-9(2)7-13-17-18-15(21-13)16-14(19)12-8-10-5-3-4-6-11(10)20-12/h3-6,8-9H,7H2,1-2H3,(H,16,18,19). The summed E-state index contributed by atoms with van der Waals surface area (Å²) in [5.41, 5.74) is 0.695. The molecule has 0 radical (unpaired) electrons. The van der Waals surface area contributed by atoms with Crippen LogP contribution in [0.1, 0.15) is 29.4 Å². The summed E-state index contributed by atoms with van der Waals surface area (Å²) in [5.74, 6) is 0.479. The lowest BCUT2D eigenvalue weighted by atomic mass is 10.1. The molecule has 0 aliphatic heterocycles. The molecule has 0 unspecified atom stereocenters. The van der Waals surface area contributed by atoms with E-state index in [1.807, 2.05) is 24.3 Å². The fourth-order valence-corrected chi connectivity index (χ4v) is 2.94. The van der Waals surface area contributed by atoms with E-state index >= 15 is 0 Å². The highest BCUT2D eigenvalue weighted by Crippen LogP contribution is 2.22. The van der Waals surface area contributed by atoms with Crippen LogP contribution in [0.15, 0.2) is 34.7 Å². The van der Waals surface area contributed by atoms with Crippen molar-refractivity contribution in [3.8, 4) is 0 Å². The van der Waals surface area contributed by atoms with E-state index in [0.717, 1.165) is 16.8 Å². The largest absolute Gasteiger partial charge is 0.451 e. The third-order valence-electron chi connectivity index (χ3n) is 2.92. The lowest BCUT2D eigenvalue weighted by molar-refractivity contribution is 0.0998. The number of hydrogen-bond acceptors (Lipinski definition) is 5. The predicted octanol–water partition coefficient (Wildman–Crippen LogP) is 3.74. The van der Waals surface area contributed by atoms with E-state index < -0.39 is 0 Å². The van der Waals surface area contributed by atoms with Crippen LogP contribution in [0.3, 0.4) is 0 Å². The first kappa shape index (κ1) is 13.8. The normalized spacial score (nSPS) is 11.2. The molecule has 0 aliphatic carbocycles. The third kappa shape index (κ3) is 3.11. The van der Waals surface area contributed by atoms with Crippen LogP contribution in [-0.2, 0) is 6.42 Å². The van der Waals surface area contributed by atoms with Crippen LogP contribution in [0.25, 0.3) is 11.0 Å². The van der Waals surface area contributed by atoms with Crippen molar-refractivity contribution in [3.05, 3.63) is 41.1 Å². The minimum atomic E-state index is -0.307. The fraction of sp³-hybridized carbons (Fsp3) is 0.267. The molecule has 3 rings (SSSR count). The van der Waals surface area contributed by atoms with Gasteiger partial charge in [0.15, 0.2) is 5.76 Å². The molecule has 0 saturated heterocycles. The number of carbonyl (C=O) groups excluding carboxylic acids is 1. The maximum atomic E-state index is 12.1. The van der Waals surface area contributed by atoms with Gasteiger partial charge in [-0.25, -0.2) is 0 Å². The number of anilines is 1. The van der Waals surface area contributed by atoms with Crippen LogP contribution in [0, 0.1) is 5.92 Å². The Bertz CT molecular complexity index is 743. The van der Waals surface area contributed by atoms with E-state index in [2.05, 4.69) is 29.4 Å². The minimum Gasteiger partial charge on any atom is -0.451 e. The molecule has 21 heavy (non-hydrogen) atoms. The molecule has 108 valence electrons. The van der Waals surface area contributed by atoms with Gasteiger partial charge in [-0.3, -0.25) is 10.1 Å². The summed E-state index contributed by atoms with van der Waals surface area (Å²) in [6, 6.07) is 9.23. The quantitative estimate of drug-likeness (QED) is 0.797. The Morgan fingerprint density at radius 1 is 1.33 bits per heavy atom. The Morgan fingerprint density at radius 2 is 2.14 bits per heavy atom. The molecular formula is C15H15N3O2S. The predicted molar refractivity (Wildman–Crippen MR) is 82.6 cm³/mol. The summed E-state index contributed by atoms with van der Waals surface area (Å²) in [7, 11) is 0. The molecule has 0 bridgehead atoms.